The second-order valence-electron chi connectivity index (χ2n) is 4.87. The molecule has 1 heterocycles. The summed E-state index contributed by atoms with van der Waals surface area (Å²) in [5.74, 6) is 0.587. The fourth-order valence-electron chi connectivity index (χ4n) is 1.90. The number of nitrogens with one attached hydrogen (secondary N) is 1. The third-order valence-electron chi connectivity index (χ3n) is 3.13. The average Bonchev–Trinajstić information content (AvgIpc) is 2.53. The summed E-state index contributed by atoms with van der Waals surface area (Å²) >= 11 is 0. The molecule has 1 amide bonds. The number of hydrogen-bond donors (Lipinski definition) is 1. The van der Waals surface area contributed by atoms with E-state index in [9.17, 15) is 4.79 Å². The van der Waals surface area contributed by atoms with Crippen molar-refractivity contribution in [3.05, 3.63) is 59.9 Å². The van der Waals surface area contributed by atoms with Crippen molar-refractivity contribution < 1.29 is 9.53 Å². The van der Waals surface area contributed by atoms with Crippen molar-refractivity contribution in [2.45, 2.75) is 32.9 Å². The van der Waals surface area contributed by atoms with Gasteiger partial charge in [0.25, 0.3) is 5.91 Å². The Morgan fingerprint density at radius 2 is 2.00 bits per heavy atom. The second kappa shape index (κ2) is 7.43. The zero-order valence-electron chi connectivity index (χ0n) is 12.4. The maximum atomic E-state index is 12.2. The highest BCUT2D eigenvalue weighted by Crippen LogP contribution is 2.14. The van der Waals surface area contributed by atoms with Gasteiger partial charge in [0.1, 0.15) is 5.75 Å². The van der Waals surface area contributed by atoms with Crippen LogP contribution < -0.4 is 10.1 Å². The number of carbonyl (C=O) groups is 1. The highest BCUT2D eigenvalue weighted by molar-refractivity contribution is 5.81. The minimum absolute atomic E-state index is 0.122. The molecule has 2 aromatic rings. The molecule has 2 rings (SSSR count). The van der Waals surface area contributed by atoms with Gasteiger partial charge in [0.2, 0.25) is 0 Å². The summed E-state index contributed by atoms with van der Waals surface area (Å²) in [5.41, 5.74) is 1.99. The standard InChI is InChI=1S/C17H20N2O2/c1-3-16(21-15-9-7-13(2)8-10-15)17(20)19-12-14-6-4-5-11-18-14/h4-11,16H,3,12H2,1-2H3,(H,19,20)/t16-/m1/s1. The Morgan fingerprint density at radius 1 is 1.24 bits per heavy atom. The molecule has 0 bridgehead atoms. The number of amides is 1. The lowest BCUT2D eigenvalue weighted by molar-refractivity contribution is -0.128. The minimum Gasteiger partial charge on any atom is -0.481 e. The molecule has 1 atom stereocenters. The summed E-state index contributed by atoms with van der Waals surface area (Å²) in [6, 6.07) is 13.3. The van der Waals surface area contributed by atoms with Gasteiger partial charge < -0.3 is 10.1 Å². The Bertz CT molecular complexity index is 567. The highest BCUT2D eigenvalue weighted by Gasteiger charge is 2.18. The molecule has 0 radical (unpaired) electrons. The van der Waals surface area contributed by atoms with Crippen LogP contribution in [0.1, 0.15) is 24.6 Å². The van der Waals surface area contributed by atoms with Gasteiger partial charge in [-0.15, -0.1) is 0 Å². The first-order valence-electron chi connectivity index (χ1n) is 7.10. The quantitative estimate of drug-likeness (QED) is 0.887. The number of hydrogen-bond acceptors (Lipinski definition) is 3. The Kier molecular flexibility index (Phi) is 5.32. The molecule has 0 fully saturated rings. The topological polar surface area (TPSA) is 51.2 Å². The number of ether oxygens (including phenoxy) is 1. The molecule has 0 aliphatic carbocycles. The maximum Gasteiger partial charge on any atom is 0.261 e. The van der Waals surface area contributed by atoms with Crippen molar-refractivity contribution >= 4 is 5.91 Å². The average molecular weight is 284 g/mol. The molecule has 1 aromatic carbocycles. The number of rotatable bonds is 6. The predicted molar refractivity (Wildman–Crippen MR) is 82.0 cm³/mol. The van der Waals surface area contributed by atoms with Crippen LogP contribution in [0.2, 0.25) is 0 Å². The number of pyridine rings is 1. The van der Waals surface area contributed by atoms with E-state index in [1.807, 2.05) is 56.3 Å². The van der Waals surface area contributed by atoms with Gasteiger partial charge in [-0.1, -0.05) is 30.7 Å². The van der Waals surface area contributed by atoms with Crippen LogP contribution in [0.5, 0.6) is 5.75 Å². The fraction of sp³-hybridized carbons (Fsp3) is 0.294. The van der Waals surface area contributed by atoms with Crippen molar-refractivity contribution in [2.75, 3.05) is 0 Å². The molecule has 0 unspecified atom stereocenters. The van der Waals surface area contributed by atoms with Crippen LogP contribution >= 0.6 is 0 Å². The summed E-state index contributed by atoms with van der Waals surface area (Å²) in [7, 11) is 0. The van der Waals surface area contributed by atoms with Crippen LogP contribution in [-0.2, 0) is 11.3 Å². The third kappa shape index (κ3) is 4.60. The highest BCUT2D eigenvalue weighted by atomic mass is 16.5. The van der Waals surface area contributed by atoms with Crippen molar-refractivity contribution in [3.8, 4) is 5.75 Å². The predicted octanol–water partition coefficient (Wildman–Crippen LogP) is 2.86. The fourth-order valence-corrected chi connectivity index (χ4v) is 1.90. The van der Waals surface area contributed by atoms with Crippen molar-refractivity contribution in [1.29, 1.82) is 0 Å². The molecule has 0 aliphatic heterocycles. The van der Waals surface area contributed by atoms with Crippen LogP contribution in [0.25, 0.3) is 0 Å². The van der Waals surface area contributed by atoms with E-state index in [1.165, 1.54) is 0 Å². The van der Waals surface area contributed by atoms with Gasteiger partial charge in [0.05, 0.1) is 12.2 Å². The zero-order valence-corrected chi connectivity index (χ0v) is 12.4. The van der Waals surface area contributed by atoms with Gasteiger partial charge in [-0.2, -0.15) is 0 Å². The molecule has 0 saturated heterocycles. The monoisotopic (exact) mass is 284 g/mol. The number of aromatic nitrogens is 1. The van der Waals surface area contributed by atoms with Crippen LogP contribution in [-0.4, -0.2) is 17.0 Å². The molecule has 110 valence electrons. The molecule has 4 nitrogen and oxygen atoms in total. The zero-order chi connectivity index (χ0) is 15.1. The largest absolute Gasteiger partial charge is 0.481 e. The first-order chi connectivity index (χ1) is 10.2. The minimum atomic E-state index is -0.489. The number of nitrogens with zero attached hydrogens (tertiary/aromatic N) is 1. The first-order valence-corrected chi connectivity index (χ1v) is 7.10. The van der Waals surface area contributed by atoms with Crippen LogP contribution in [0.3, 0.4) is 0 Å². The van der Waals surface area contributed by atoms with Crippen molar-refractivity contribution in [1.82, 2.24) is 10.3 Å². The van der Waals surface area contributed by atoms with Gasteiger partial charge in [-0.3, -0.25) is 9.78 Å². The van der Waals surface area contributed by atoms with Gasteiger partial charge in [-0.05, 0) is 37.6 Å². The van der Waals surface area contributed by atoms with Crippen molar-refractivity contribution in [2.24, 2.45) is 0 Å². The van der Waals surface area contributed by atoms with E-state index >= 15 is 0 Å². The van der Waals surface area contributed by atoms with Gasteiger partial charge in [0, 0.05) is 6.20 Å². The number of carbonyl (C=O) groups excluding carboxylic acids is 1. The van der Waals surface area contributed by atoms with E-state index in [2.05, 4.69) is 10.3 Å². The lowest BCUT2D eigenvalue weighted by atomic mass is 10.2. The molecular weight excluding hydrogens is 264 g/mol. The van der Waals surface area contributed by atoms with Crippen LogP contribution in [0.15, 0.2) is 48.7 Å². The van der Waals surface area contributed by atoms with Gasteiger partial charge in [-0.25, -0.2) is 0 Å². The molecule has 0 spiro atoms. The Balaban J connectivity index is 1.90. The molecular formula is C17H20N2O2. The number of benzene rings is 1. The molecule has 0 aliphatic rings. The molecule has 1 N–H and O–H groups in total. The lowest BCUT2D eigenvalue weighted by Gasteiger charge is -2.17. The van der Waals surface area contributed by atoms with E-state index in [1.54, 1.807) is 6.20 Å². The van der Waals surface area contributed by atoms with Crippen LogP contribution in [0, 0.1) is 6.92 Å². The Morgan fingerprint density at radius 3 is 2.62 bits per heavy atom. The molecule has 0 saturated carbocycles. The summed E-state index contributed by atoms with van der Waals surface area (Å²) in [5, 5.41) is 2.86. The summed E-state index contributed by atoms with van der Waals surface area (Å²) in [6.07, 6.45) is 1.83. The van der Waals surface area contributed by atoms with E-state index in [0.29, 0.717) is 18.7 Å². The van der Waals surface area contributed by atoms with Gasteiger partial charge in [0.15, 0.2) is 6.10 Å². The lowest BCUT2D eigenvalue weighted by Crippen LogP contribution is -2.37. The SMILES string of the molecule is CC[C@@H](Oc1ccc(C)cc1)C(=O)NCc1ccccn1. The second-order valence-corrected chi connectivity index (χ2v) is 4.87. The maximum absolute atomic E-state index is 12.2. The van der Waals surface area contributed by atoms with Crippen LogP contribution in [0.4, 0.5) is 0 Å². The van der Waals surface area contributed by atoms with E-state index in [-0.39, 0.29) is 5.91 Å². The Hall–Kier alpha value is -2.36. The Labute approximate surface area is 125 Å². The van der Waals surface area contributed by atoms with Gasteiger partial charge >= 0.3 is 0 Å². The summed E-state index contributed by atoms with van der Waals surface area (Å²) < 4.78 is 5.74. The smallest absolute Gasteiger partial charge is 0.261 e. The van der Waals surface area contributed by atoms with E-state index in [0.717, 1.165) is 11.3 Å². The molecule has 4 heteroatoms. The normalized spacial score (nSPS) is 11.7. The first kappa shape index (κ1) is 15.0. The molecule has 21 heavy (non-hydrogen) atoms. The van der Waals surface area contributed by atoms with E-state index in [4.69, 9.17) is 4.74 Å². The third-order valence-corrected chi connectivity index (χ3v) is 3.13. The van der Waals surface area contributed by atoms with Crippen molar-refractivity contribution in [3.63, 3.8) is 0 Å². The number of aryl methyl sites for hydroxylation is 1. The summed E-state index contributed by atoms with van der Waals surface area (Å²) in [6.45, 7) is 4.35. The van der Waals surface area contributed by atoms with E-state index < -0.39 is 6.10 Å². The summed E-state index contributed by atoms with van der Waals surface area (Å²) in [4.78, 5) is 16.3. The molecule has 1 aromatic heterocycles.